The van der Waals surface area contributed by atoms with Crippen molar-refractivity contribution in [2.75, 3.05) is 13.3 Å². The van der Waals surface area contributed by atoms with E-state index in [-0.39, 0.29) is 11.8 Å². The van der Waals surface area contributed by atoms with E-state index >= 15 is 0 Å². The number of nitrogens with zero attached hydrogens (tertiary/aromatic N) is 1. The molecule has 0 atom stereocenters. The van der Waals surface area contributed by atoms with E-state index in [2.05, 4.69) is 0 Å². The molecule has 0 spiro atoms. The lowest BCUT2D eigenvalue weighted by Crippen LogP contribution is -2.35. The Hall–Kier alpha value is -0.430. The molecule has 0 aliphatic carbocycles. The first-order chi connectivity index (χ1) is 6.14. The Morgan fingerprint density at radius 3 is 1.36 bits per heavy atom. The molecule has 1 aliphatic rings. The van der Waals surface area contributed by atoms with Crippen LogP contribution in [-0.4, -0.2) is 29.8 Å². The highest BCUT2D eigenvalue weighted by molar-refractivity contribution is 7.55. The molecule has 80 valence electrons. The molecule has 1 aliphatic heterocycles. The average Bonchev–Trinajstić information content (AvgIpc) is 2.12. The van der Waals surface area contributed by atoms with Crippen molar-refractivity contribution >= 4 is 19.9 Å². The maximum Gasteiger partial charge on any atom is 0.239 e. The van der Waals surface area contributed by atoms with Gasteiger partial charge >= 0.3 is 0 Å². The number of carbonyl (C=O) groups excluding carboxylic acids is 2. The van der Waals surface area contributed by atoms with Gasteiger partial charge < -0.3 is 0 Å². The first-order valence-electron chi connectivity index (χ1n) is 4.70. The van der Waals surface area contributed by atoms with E-state index in [9.17, 15) is 9.59 Å². The maximum absolute atomic E-state index is 12.0. The lowest BCUT2D eigenvalue weighted by atomic mass is 9.70. The third kappa shape index (κ3) is 1.22. The zero-order chi connectivity index (χ0) is 11.3. The fraction of sp³-hybridized carbons (Fsp3) is 0.800. The highest BCUT2D eigenvalue weighted by atomic mass is 31.1. The quantitative estimate of drug-likeness (QED) is 0.496. The Labute approximate surface area is 86.7 Å². The number of rotatable bonds is 1. The van der Waals surface area contributed by atoms with E-state index in [4.69, 9.17) is 0 Å². The van der Waals surface area contributed by atoms with E-state index < -0.39 is 18.9 Å². The minimum atomic E-state index is -0.663. The summed E-state index contributed by atoms with van der Waals surface area (Å²) in [5.74, 6) is -0.0489. The largest absolute Gasteiger partial charge is 0.273 e. The predicted octanol–water partition coefficient (Wildman–Crippen LogP) is 2.06. The summed E-state index contributed by atoms with van der Waals surface area (Å²) in [7, 11) is -0.663. The van der Waals surface area contributed by atoms with Crippen LogP contribution in [0.15, 0.2) is 0 Å². The van der Waals surface area contributed by atoms with Crippen LogP contribution in [0.1, 0.15) is 27.7 Å². The Morgan fingerprint density at radius 2 is 1.21 bits per heavy atom. The van der Waals surface area contributed by atoms with Crippen molar-refractivity contribution in [1.29, 1.82) is 0 Å². The number of carbonyl (C=O) groups is 2. The van der Waals surface area contributed by atoms with Gasteiger partial charge in [-0.3, -0.25) is 14.3 Å². The molecule has 0 radical (unpaired) electrons. The molecule has 1 fully saturated rings. The first kappa shape index (κ1) is 11.6. The number of imide groups is 1. The smallest absolute Gasteiger partial charge is 0.239 e. The standard InChI is InChI=1S/C10H18NO2P/c1-9(2)7(12)11(14(5)6)8(13)10(9,3)4/h1-6H3. The summed E-state index contributed by atoms with van der Waals surface area (Å²) in [5.41, 5.74) is -1.15. The zero-order valence-electron chi connectivity index (χ0n) is 9.71. The molecule has 2 amide bonds. The van der Waals surface area contributed by atoms with Gasteiger partial charge in [-0.2, -0.15) is 0 Å². The number of hydrogen-bond donors (Lipinski definition) is 0. The topological polar surface area (TPSA) is 37.4 Å². The molecule has 0 aromatic carbocycles. The molecular formula is C10H18NO2P. The summed E-state index contributed by atoms with van der Waals surface area (Å²) >= 11 is 0. The zero-order valence-corrected chi connectivity index (χ0v) is 10.6. The molecule has 0 aromatic rings. The van der Waals surface area contributed by atoms with Crippen LogP contribution in [0.3, 0.4) is 0 Å². The fourth-order valence-electron chi connectivity index (χ4n) is 1.52. The van der Waals surface area contributed by atoms with Crippen molar-refractivity contribution in [3.63, 3.8) is 0 Å². The monoisotopic (exact) mass is 215 g/mol. The van der Waals surface area contributed by atoms with E-state index in [1.165, 1.54) is 4.67 Å². The van der Waals surface area contributed by atoms with Gasteiger partial charge in [-0.15, -0.1) is 0 Å². The summed E-state index contributed by atoms with van der Waals surface area (Å²) in [6, 6.07) is 0. The first-order valence-corrected chi connectivity index (χ1v) is 6.89. The molecule has 1 heterocycles. The minimum absolute atomic E-state index is 0.0244. The van der Waals surface area contributed by atoms with Crippen LogP contribution < -0.4 is 0 Å². The summed E-state index contributed by atoms with van der Waals surface area (Å²) in [6.45, 7) is 11.3. The van der Waals surface area contributed by atoms with Crippen LogP contribution in [0.5, 0.6) is 0 Å². The minimum Gasteiger partial charge on any atom is -0.273 e. The SMILES string of the molecule is CP(C)N1C(=O)C(C)(C)C(C)(C)C1=O. The van der Waals surface area contributed by atoms with Crippen LogP contribution in [0.25, 0.3) is 0 Å². The molecule has 1 rings (SSSR count). The van der Waals surface area contributed by atoms with Crippen LogP contribution >= 0.6 is 8.07 Å². The Morgan fingerprint density at radius 1 is 0.929 bits per heavy atom. The van der Waals surface area contributed by atoms with E-state index in [1.807, 2.05) is 41.0 Å². The second kappa shape index (κ2) is 3.03. The van der Waals surface area contributed by atoms with Gasteiger partial charge in [-0.25, -0.2) is 0 Å². The van der Waals surface area contributed by atoms with E-state index in [0.29, 0.717) is 0 Å². The molecule has 0 unspecified atom stereocenters. The predicted molar refractivity (Wildman–Crippen MR) is 58.2 cm³/mol. The molecule has 0 bridgehead atoms. The van der Waals surface area contributed by atoms with Crippen LogP contribution in [-0.2, 0) is 9.59 Å². The Bertz CT molecular complexity index is 268. The van der Waals surface area contributed by atoms with Gasteiger partial charge in [0.25, 0.3) is 0 Å². The lowest BCUT2D eigenvalue weighted by Gasteiger charge is -2.28. The van der Waals surface area contributed by atoms with Gasteiger partial charge in [-0.1, -0.05) is 0 Å². The average molecular weight is 215 g/mol. The molecule has 1 saturated heterocycles. The molecule has 3 nitrogen and oxygen atoms in total. The van der Waals surface area contributed by atoms with Crippen LogP contribution in [0.2, 0.25) is 0 Å². The maximum atomic E-state index is 12.0. The molecular weight excluding hydrogens is 197 g/mol. The summed E-state index contributed by atoms with van der Waals surface area (Å²) in [4.78, 5) is 24.0. The van der Waals surface area contributed by atoms with Crippen molar-refractivity contribution in [2.24, 2.45) is 10.8 Å². The van der Waals surface area contributed by atoms with Crippen molar-refractivity contribution in [3.05, 3.63) is 0 Å². The summed E-state index contributed by atoms with van der Waals surface area (Å²) in [6.07, 6.45) is 0. The van der Waals surface area contributed by atoms with Gasteiger partial charge in [0.1, 0.15) is 0 Å². The third-order valence-electron chi connectivity index (χ3n) is 3.42. The molecule has 0 aromatic heterocycles. The highest BCUT2D eigenvalue weighted by Crippen LogP contribution is 2.53. The van der Waals surface area contributed by atoms with Crippen molar-refractivity contribution in [1.82, 2.24) is 4.67 Å². The van der Waals surface area contributed by atoms with Crippen molar-refractivity contribution in [3.8, 4) is 0 Å². The normalized spacial score (nSPS) is 24.9. The lowest BCUT2D eigenvalue weighted by molar-refractivity contribution is -0.135. The van der Waals surface area contributed by atoms with Gasteiger partial charge in [0.2, 0.25) is 11.8 Å². The Kier molecular flexibility index (Phi) is 2.52. The van der Waals surface area contributed by atoms with Crippen molar-refractivity contribution < 1.29 is 9.59 Å². The number of amides is 2. The van der Waals surface area contributed by atoms with Gasteiger partial charge in [-0.05, 0) is 49.1 Å². The summed E-state index contributed by atoms with van der Waals surface area (Å²) in [5, 5.41) is 0. The molecule has 0 N–H and O–H groups in total. The summed E-state index contributed by atoms with van der Waals surface area (Å²) < 4.78 is 1.45. The third-order valence-corrected chi connectivity index (χ3v) is 4.58. The Balaban J connectivity index is 3.23. The molecule has 14 heavy (non-hydrogen) atoms. The van der Waals surface area contributed by atoms with E-state index in [1.54, 1.807) is 0 Å². The van der Waals surface area contributed by atoms with Gasteiger partial charge in [0.05, 0.1) is 10.8 Å². The van der Waals surface area contributed by atoms with Gasteiger partial charge in [0, 0.05) is 0 Å². The fourth-order valence-corrected chi connectivity index (χ4v) is 2.75. The van der Waals surface area contributed by atoms with E-state index in [0.717, 1.165) is 0 Å². The second-order valence-electron chi connectivity index (χ2n) is 5.02. The molecule has 0 saturated carbocycles. The van der Waals surface area contributed by atoms with Gasteiger partial charge in [0.15, 0.2) is 0 Å². The molecule has 4 heteroatoms. The second-order valence-corrected chi connectivity index (χ2v) is 7.11. The highest BCUT2D eigenvalue weighted by Gasteiger charge is 2.59. The number of hydrogen-bond acceptors (Lipinski definition) is 2. The van der Waals surface area contributed by atoms with Crippen LogP contribution in [0, 0.1) is 10.8 Å². The van der Waals surface area contributed by atoms with Crippen LogP contribution in [0.4, 0.5) is 0 Å². The van der Waals surface area contributed by atoms with Crippen molar-refractivity contribution in [2.45, 2.75) is 27.7 Å².